The van der Waals surface area contributed by atoms with Crippen LogP contribution in [0.25, 0.3) is 11.3 Å². The van der Waals surface area contributed by atoms with Gasteiger partial charge in [-0.25, -0.2) is 4.98 Å². The van der Waals surface area contributed by atoms with Gasteiger partial charge in [0.25, 0.3) is 0 Å². The number of nitrogens with zero attached hydrogens (tertiary/aromatic N) is 2. The van der Waals surface area contributed by atoms with E-state index < -0.39 is 0 Å². The largest absolute Gasteiger partial charge is 0.329 e. The summed E-state index contributed by atoms with van der Waals surface area (Å²) in [6.07, 6.45) is 1.93. The highest BCUT2D eigenvalue weighted by atomic mass is 15.1. The van der Waals surface area contributed by atoms with E-state index in [1.807, 2.05) is 24.5 Å². The van der Waals surface area contributed by atoms with Crippen molar-refractivity contribution in [2.75, 3.05) is 0 Å². The highest BCUT2D eigenvalue weighted by Crippen LogP contribution is 2.25. The minimum absolute atomic E-state index is 0.0874. The summed E-state index contributed by atoms with van der Waals surface area (Å²) >= 11 is 0. The molecule has 2 heteroatoms. The second-order valence-corrected chi connectivity index (χ2v) is 5.09. The third kappa shape index (κ3) is 1.87. The summed E-state index contributed by atoms with van der Waals surface area (Å²) in [7, 11) is 0. The van der Waals surface area contributed by atoms with Gasteiger partial charge in [0.05, 0.1) is 12.0 Å². The molecule has 0 amide bonds. The second kappa shape index (κ2) is 3.78. The van der Waals surface area contributed by atoms with Crippen LogP contribution in [0.2, 0.25) is 0 Å². The van der Waals surface area contributed by atoms with Gasteiger partial charge in [-0.1, -0.05) is 30.3 Å². The molecule has 0 saturated carbocycles. The zero-order valence-electron chi connectivity index (χ0n) is 10.4. The highest BCUT2D eigenvalue weighted by molar-refractivity contribution is 5.61. The number of rotatable bonds is 1. The van der Waals surface area contributed by atoms with E-state index in [2.05, 4.69) is 49.4 Å². The molecule has 0 aliphatic carbocycles. The summed E-state index contributed by atoms with van der Waals surface area (Å²) in [4.78, 5) is 4.52. The van der Waals surface area contributed by atoms with Crippen LogP contribution in [0, 0.1) is 6.92 Å². The zero-order valence-corrected chi connectivity index (χ0v) is 10.4. The Morgan fingerprint density at radius 3 is 2.19 bits per heavy atom. The number of hydrogen-bond donors (Lipinski definition) is 0. The SMILES string of the molecule is Cc1c(-c2ccccc2)ncn1C(C)(C)C. The summed E-state index contributed by atoms with van der Waals surface area (Å²) < 4.78 is 2.22. The van der Waals surface area contributed by atoms with E-state index >= 15 is 0 Å². The fourth-order valence-corrected chi connectivity index (χ4v) is 1.97. The molecule has 2 nitrogen and oxygen atoms in total. The lowest BCUT2D eigenvalue weighted by molar-refractivity contribution is 0.389. The fourth-order valence-electron chi connectivity index (χ4n) is 1.97. The van der Waals surface area contributed by atoms with Gasteiger partial charge in [-0.05, 0) is 27.7 Å². The lowest BCUT2D eigenvalue weighted by atomic mass is 10.1. The first-order valence-electron chi connectivity index (χ1n) is 5.60. The van der Waals surface area contributed by atoms with Crippen LogP contribution in [-0.4, -0.2) is 9.55 Å². The molecular weight excluding hydrogens is 196 g/mol. The number of benzene rings is 1. The predicted molar refractivity (Wildman–Crippen MR) is 67.4 cm³/mol. The molecule has 16 heavy (non-hydrogen) atoms. The molecule has 1 aromatic heterocycles. The Morgan fingerprint density at radius 2 is 1.69 bits per heavy atom. The molecule has 0 spiro atoms. The molecule has 84 valence electrons. The zero-order chi connectivity index (χ0) is 11.8. The molecule has 0 aliphatic heterocycles. The topological polar surface area (TPSA) is 17.8 Å². The number of hydrogen-bond acceptors (Lipinski definition) is 1. The molecular formula is C14H18N2. The van der Waals surface area contributed by atoms with Crippen molar-refractivity contribution in [3.63, 3.8) is 0 Å². The maximum atomic E-state index is 4.52. The lowest BCUT2D eigenvalue weighted by Crippen LogP contribution is -2.21. The fraction of sp³-hybridized carbons (Fsp3) is 0.357. The average molecular weight is 214 g/mol. The van der Waals surface area contributed by atoms with Crippen molar-refractivity contribution >= 4 is 0 Å². The van der Waals surface area contributed by atoms with Crippen LogP contribution in [0.1, 0.15) is 26.5 Å². The smallest absolute Gasteiger partial charge is 0.0960 e. The molecule has 0 N–H and O–H groups in total. The quantitative estimate of drug-likeness (QED) is 0.709. The molecule has 0 fully saturated rings. The van der Waals surface area contributed by atoms with Crippen molar-refractivity contribution in [2.45, 2.75) is 33.2 Å². The van der Waals surface area contributed by atoms with Crippen LogP contribution in [0.5, 0.6) is 0 Å². The predicted octanol–water partition coefficient (Wildman–Crippen LogP) is 3.61. The van der Waals surface area contributed by atoms with Gasteiger partial charge in [0, 0.05) is 16.8 Å². The first-order chi connectivity index (χ1) is 7.50. The molecule has 0 aliphatic rings. The molecule has 0 unspecified atom stereocenters. The van der Waals surface area contributed by atoms with Gasteiger partial charge in [0.1, 0.15) is 0 Å². The minimum atomic E-state index is 0.0874. The van der Waals surface area contributed by atoms with E-state index in [1.165, 1.54) is 11.3 Å². The number of imidazole rings is 1. The molecule has 0 atom stereocenters. The summed E-state index contributed by atoms with van der Waals surface area (Å²) in [6, 6.07) is 10.3. The van der Waals surface area contributed by atoms with Crippen LogP contribution >= 0.6 is 0 Å². The van der Waals surface area contributed by atoms with Gasteiger partial charge in [0.2, 0.25) is 0 Å². The van der Waals surface area contributed by atoms with Gasteiger partial charge in [-0.2, -0.15) is 0 Å². The van der Waals surface area contributed by atoms with Crippen molar-refractivity contribution in [3.8, 4) is 11.3 Å². The standard InChI is InChI=1S/C14H18N2/c1-11-13(12-8-6-5-7-9-12)15-10-16(11)14(2,3)4/h5-10H,1-4H3. The molecule has 0 bridgehead atoms. The van der Waals surface area contributed by atoms with Crippen molar-refractivity contribution in [3.05, 3.63) is 42.4 Å². The third-order valence-corrected chi connectivity index (χ3v) is 2.78. The maximum absolute atomic E-state index is 4.52. The van der Waals surface area contributed by atoms with Crippen LogP contribution in [0.3, 0.4) is 0 Å². The van der Waals surface area contributed by atoms with Gasteiger partial charge in [0.15, 0.2) is 0 Å². The van der Waals surface area contributed by atoms with Gasteiger partial charge in [-0.3, -0.25) is 0 Å². The maximum Gasteiger partial charge on any atom is 0.0960 e. The Bertz CT molecular complexity index is 475. The average Bonchev–Trinajstić information content (AvgIpc) is 2.61. The minimum Gasteiger partial charge on any atom is -0.329 e. The van der Waals surface area contributed by atoms with Crippen LogP contribution in [0.4, 0.5) is 0 Å². The van der Waals surface area contributed by atoms with Gasteiger partial charge >= 0.3 is 0 Å². The molecule has 1 heterocycles. The Labute approximate surface area is 97.0 Å². The van der Waals surface area contributed by atoms with Crippen molar-refractivity contribution < 1.29 is 0 Å². The third-order valence-electron chi connectivity index (χ3n) is 2.78. The van der Waals surface area contributed by atoms with E-state index in [0.717, 1.165) is 5.69 Å². The summed E-state index contributed by atoms with van der Waals surface area (Å²) in [6.45, 7) is 8.70. The van der Waals surface area contributed by atoms with Crippen molar-refractivity contribution in [2.24, 2.45) is 0 Å². The highest BCUT2D eigenvalue weighted by Gasteiger charge is 2.17. The summed E-state index contributed by atoms with van der Waals surface area (Å²) in [5.74, 6) is 0. The Morgan fingerprint density at radius 1 is 1.06 bits per heavy atom. The molecule has 0 saturated heterocycles. The Hall–Kier alpha value is -1.57. The van der Waals surface area contributed by atoms with Gasteiger partial charge < -0.3 is 4.57 Å². The van der Waals surface area contributed by atoms with Crippen molar-refractivity contribution in [1.29, 1.82) is 0 Å². The van der Waals surface area contributed by atoms with Crippen molar-refractivity contribution in [1.82, 2.24) is 9.55 Å². The molecule has 2 aromatic rings. The second-order valence-electron chi connectivity index (χ2n) is 5.09. The normalized spacial score (nSPS) is 11.8. The first kappa shape index (κ1) is 10.9. The molecule has 0 radical (unpaired) electrons. The molecule has 1 aromatic carbocycles. The van der Waals surface area contributed by atoms with E-state index in [0.29, 0.717) is 0 Å². The van der Waals surface area contributed by atoms with E-state index in [-0.39, 0.29) is 5.54 Å². The first-order valence-corrected chi connectivity index (χ1v) is 5.60. The van der Waals surface area contributed by atoms with E-state index in [4.69, 9.17) is 0 Å². The van der Waals surface area contributed by atoms with Crippen LogP contribution < -0.4 is 0 Å². The summed E-state index contributed by atoms with van der Waals surface area (Å²) in [5, 5.41) is 0. The Kier molecular flexibility index (Phi) is 2.58. The molecule has 2 rings (SSSR count). The van der Waals surface area contributed by atoms with Gasteiger partial charge in [-0.15, -0.1) is 0 Å². The van der Waals surface area contributed by atoms with E-state index in [9.17, 15) is 0 Å². The lowest BCUT2D eigenvalue weighted by Gasteiger charge is -2.22. The van der Waals surface area contributed by atoms with Crippen LogP contribution in [0.15, 0.2) is 36.7 Å². The Balaban J connectivity index is 2.50. The van der Waals surface area contributed by atoms with E-state index in [1.54, 1.807) is 0 Å². The summed E-state index contributed by atoms with van der Waals surface area (Å²) in [5.41, 5.74) is 3.57. The van der Waals surface area contributed by atoms with Crippen LogP contribution in [-0.2, 0) is 5.54 Å². The number of aromatic nitrogens is 2. The monoisotopic (exact) mass is 214 g/mol.